The number of hydrogen-bond acceptors (Lipinski definition) is 3. The van der Waals surface area contributed by atoms with Crippen LogP contribution in [-0.2, 0) is 12.0 Å². The molecule has 136 valence electrons. The molecule has 4 rings (SSSR count). The van der Waals surface area contributed by atoms with Crippen LogP contribution in [0.5, 0.6) is 0 Å². The van der Waals surface area contributed by atoms with Gasteiger partial charge in [0.05, 0.1) is 18.3 Å². The van der Waals surface area contributed by atoms with E-state index in [1.807, 2.05) is 35.1 Å². The number of benzene rings is 2. The van der Waals surface area contributed by atoms with Gasteiger partial charge in [-0.1, -0.05) is 67.9 Å². The monoisotopic (exact) mass is 376 g/mol. The van der Waals surface area contributed by atoms with Crippen LogP contribution in [0, 0.1) is 0 Å². The van der Waals surface area contributed by atoms with Crippen molar-refractivity contribution in [1.82, 2.24) is 20.0 Å². The third-order valence-electron chi connectivity index (χ3n) is 4.68. The van der Waals surface area contributed by atoms with Crippen molar-refractivity contribution in [2.24, 2.45) is 0 Å². The van der Waals surface area contributed by atoms with Crippen molar-refractivity contribution >= 4 is 22.5 Å². The summed E-state index contributed by atoms with van der Waals surface area (Å²) in [5.41, 5.74) is 5.37. The highest BCUT2D eigenvalue weighted by Crippen LogP contribution is 2.28. The van der Waals surface area contributed by atoms with Gasteiger partial charge in [-0.3, -0.25) is 4.98 Å². The molecule has 0 atom stereocenters. The predicted molar refractivity (Wildman–Crippen MR) is 110 cm³/mol. The number of pyridine rings is 1. The minimum atomic E-state index is 0.157. The van der Waals surface area contributed by atoms with Crippen LogP contribution in [0.3, 0.4) is 0 Å². The molecular formula is C22H21ClN4. The standard InChI is InChI=1S/C22H21ClN4/c1-22(2,3)16-6-4-15(5-7-16)13-27-14-21(25-26-27)19-10-11-24-20-12-17(23)8-9-18(19)20/h4-12,14H,13H2,1-3H3. The van der Waals surface area contributed by atoms with Gasteiger partial charge in [0, 0.05) is 22.2 Å². The van der Waals surface area contributed by atoms with Crippen LogP contribution in [0.15, 0.2) is 60.9 Å². The van der Waals surface area contributed by atoms with E-state index in [1.165, 1.54) is 11.1 Å². The van der Waals surface area contributed by atoms with Gasteiger partial charge in [0.25, 0.3) is 0 Å². The Morgan fingerprint density at radius 2 is 1.78 bits per heavy atom. The summed E-state index contributed by atoms with van der Waals surface area (Å²) >= 11 is 6.08. The third-order valence-corrected chi connectivity index (χ3v) is 4.92. The van der Waals surface area contributed by atoms with Crippen molar-refractivity contribution in [3.05, 3.63) is 77.1 Å². The smallest absolute Gasteiger partial charge is 0.113 e. The van der Waals surface area contributed by atoms with Crippen molar-refractivity contribution in [3.63, 3.8) is 0 Å². The Labute approximate surface area is 163 Å². The van der Waals surface area contributed by atoms with Crippen molar-refractivity contribution < 1.29 is 0 Å². The van der Waals surface area contributed by atoms with E-state index >= 15 is 0 Å². The molecule has 0 N–H and O–H groups in total. The Morgan fingerprint density at radius 1 is 1.00 bits per heavy atom. The predicted octanol–water partition coefficient (Wildman–Crippen LogP) is 5.49. The molecule has 0 spiro atoms. The highest BCUT2D eigenvalue weighted by molar-refractivity contribution is 6.31. The van der Waals surface area contributed by atoms with E-state index in [0.717, 1.165) is 22.2 Å². The molecular weight excluding hydrogens is 356 g/mol. The molecule has 0 aliphatic heterocycles. The number of nitrogens with zero attached hydrogens (tertiary/aromatic N) is 4. The first-order valence-corrected chi connectivity index (χ1v) is 9.32. The molecule has 5 heteroatoms. The summed E-state index contributed by atoms with van der Waals surface area (Å²) in [6.07, 6.45) is 3.75. The van der Waals surface area contributed by atoms with Crippen LogP contribution < -0.4 is 0 Å². The van der Waals surface area contributed by atoms with Gasteiger partial charge in [-0.2, -0.15) is 0 Å². The maximum atomic E-state index is 6.08. The Bertz CT molecular complexity index is 1090. The van der Waals surface area contributed by atoms with Crippen LogP contribution in [0.2, 0.25) is 5.02 Å². The SMILES string of the molecule is CC(C)(C)c1ccc(Cn2cc(-c3ccnc4cc(Cl)ccc34)nn2)cc1. The molecule has 4 aromatic rings. The molecule has 0 radical (unpaired) electrons. The molecule has 0 unspecified atom stereocenters. The Kier molecular flexibility index (Phi) is 4.44. The van der Waals surface area contributed by atoms with E-state index < -0.39 is 0 Å². The van der Waals surface area contributed by atoms with Crippen LogP contribution in [-0.4, -0.2) is 20.0 Å². The average molecular weight is 377 g/mol. The minimum Gasteiger partial charge on any atom is -0.256 e. The number of rotatable bonds is 3. The molecule has 0 fully saturated rings. The van der Waals surface area contributed by atoms with E-state index in [4.69, 9.17) is 11.6 Å². The molecule has 2 aromatic heterocycles. The molecule has 0 saturated carbocycles. The summed E-state index contributed by atoms with van der Waals surface area (Å²) in [4.78, 5) is 4.39. The summed E-state index contributed by atoms with van der Waals surface area (Å²) in [5.74, 6) is 0. The lowest BCUT2D eigenvalue weighted by Crippen LogP contribution is -2.11. The second-order valence-electron chi connectivity index (χ2n) is 7.77. The molecule has 0 amide bonds. The largest absolute Gasteiger partial charge is 0.256 e. The van der Waals surface area contributed by atoms with Gasteiger partial charge in [-0.05, 0) is 34.7 Å². The number of aromatic nitrogens is 4. The average Bonchev–Trinajstić information content (AvgIpc) is 3.09. The van der Waals surface area contributed by atoms with E-state index in [9.17, 15) is 0 Å². The van der Waals surface area contributed by atoms with Crippen molar-refractivity contribution in [1.29, 1.82) is 0 Å². The summed E-state index contributed by atoms with van der Waals surface area (Å²) in [6, 6.07) is 16.4. The zero-order valence-corrected chi connectivity index (χ0v) is 16.4. The first kappa shape index (κ1) is 17.7. The lowest BCUT2D eigenvalue weighted by molar-refractivity contribution is 0.589. The van der Waals surface area contributed by atoms with E-state index in [0.29, 0.717) is 11.6 Å². The topological polar surface area (TPSA) is 43.6 Å². The second-order valence-corrected chi connectivity index (χ2v) is 8.20. The van der Waals surface area contributed by atoms with E-state index in [2.05, 4.69) is 60.3 Å². The highest BCUT2D eigenvalue weighted by Gasteiger charge is 2.13. The van der Waals surface area contributed by atoms with Crippen LogP contribution >= 0.6 is 11.6 Å². The van der Waals surface area contributed by atoms with Crippen LogP contribution in [0.25, 0.3) is 22.2 Å². The summed E-state index contributed by atoms with van der Waals surface area (Å²) < 4.78 is 1.86. The van der Waals surface area contributed by atoms with Gasteiger partial charge in [0.1, 0.15) is 5.69 Å². The molecule has 2 heterocycles. The quantitative estimate of drug-likeness (QED) is 0.474. The van der Waals surface area contributed by atoms with E-state index in [1.54, 1.807) is 6.20 Å². The van der Waals surface area contributed by atoms with Gasteiger partial charge < -0.3 is 0 Å². The lowest BCUT2D eigenvalue weighted by Gasteiger charge is -2.19. The van der Waals surface area contributed by atoms with Gasteiger partial charge in [-0.25, -0.2) is 4.68 Å². The van der Waals surface area contributed by atoms with Gasteiger partial charge in [0.15, 0.2) is 0 Å². The van der Waals surface area contributed by atoms with E-state index in [-0.39, 0.29) is 5.41 Å². The number of hydrogen-bond donors (Lipinski definition) is 0. The van der Waals surface area contributed by atoms with Crippen LogP contribution in [0.1, 0.15) is 31.9 Å². The van der Waals surface area contributed by atoms with Crippen molar-refractivity contribution in [2.45, 2.75) is 32.7 Å². The molecule has 2 aromatic carbocycles. The molecule has 0 aliphatic rings. The van der Waals surface area contributed by atoms with Gasteiger partial charge >= 0.3 is 0 Å². The molecule has 0 bridgehead atoms. The fraction of sp³-hybridized carbons (Fsp3) is 0.227. The first-order chi connectivity index (χ1) is 12.9. The number of fused-ring (bicyclic) bond motifs is 1. The molecule has 27 heavy (non-hydrogen) atoms. The van der Waals surface area contributed by atoms with Crippen molar-refractivity contribution in [2.75, 3.05) is 0 Å². The zero-order chi connectivity index (χ0) is 19.0. The fourth-order valence-corrected chi connectivity index (χ4v) is 3.31. The Balaban J connectivity index is 1.61. The van der Waals surface area contributed by atoms with Gasteiger partial charge in [0.2, 0.25) is 0 Å². The van der Waals surface area contributed by atoms with Crippen molar-refractivity contribution in [3.8, 4) is 11.3 Å². The minimum absolute atomic E-state index is 0.157. The maximum Gasteiger partial charge on any atom is 0.113 e. The Morgan fingerprint density at radius 3 is 2.52 bits per heavy atom. The lowest BCUT2D eigenvalue weighted by atomic mass is 9.87. The zero-order valence-electron chi connectivity index (χ0n) is 15.6. The molecule has 0 aliphatic carbocycles. The third kappa shape index (κ3) is 3.71. The summed E-state index contributed by atoms with van der Waals surface area (Å²) in [7, 11) is 0. The first-order valence-electron chi connectivity index (χ1n) is 8.94. The van der Waals surface area contributed by atoms with Crippen LogP contribution in [0.4, 0.5) is 0 Å². The summed E-state index contributed by atoms with van der Waals surface area (Å²) in [6.45, 7) is 7.35. The maximum absolute atomic E-state index is 6.08. The fourth-order valence-electron chi connectivity index (χ4n) is 3.14. The second kappa shape index (κ2) is 6.78. The highest BCUT2D eigenvalue weighted by atomic mass is 35.5. The number of halogens is 1. The molecule has 4 nitrogen and oxygen atoms in total. The Hall–Kier alpha value is -2.72. The molecule has 0 saturated heterocycles. The normalized spacial score (nSPS) is 11.9. The van der Waals surface area contributed by atoms with Gasteiger partial charge in [-0.15, -0.1) is 5.10 Å². The summed E-state index contributed by atoms with van der Waals surface area (Å²) in [5, 5.41) is 10.4.